The van der Waals surface area contributed by atoms with E-state index in [1.807, 2.05) is 31.2 Å². The molecular weight excluding hydrogens is 242 g/mol. The van der Waals surface area contributed by atoms with Gasteiger partial charge in [-0.2, -0.15) is 0 Å². The van der Waals surface area contributed by atoms with Crippen molar-refractivity contribution in [1.29, 1.82) is 0 Å². The molecule has 2 N–H and O–H groups in total. The van der Waals surface area contributed by atoms with Gasteiger partial charge in [0.2, 0.25) is 0 Å². The molecule has 0 aliphatic carbocycles. The molecule has 0 bridgehead atoms. The maximum Gasteiger partial charge on any atom is 0.327 e. The molecule has 19 heavy (non-hydrogen) atoms. The van der Waals surface area contributed by atoms with Gasteiger partial charge < -0.3 is 9.84 Å². The van der Waals surface area contributed by atoms with Crippen molar-refractivity contribution in [3.05, 3.63) is 29.8 Å². The van der Waals surface area contributed by atoms with Crippen LogP contribution in [0.4, 0.5) is 0 Å². The lowest BCUT2D eigenvalue weighted by Crippen LogP contribution is -2.53. The summed E-state index contributed by atoms with van der Waals surface area (Å²) >= 11 is 0. The lowest BCUT2D eigenvalue weighted by atomic mass is 10.0. The van der Waals surface area contributed by atoms with Gasteiger partial charge in [-0.05, 0) is 37.1 Å². The van der Waals surface area contributed by atoms with Gasteiger partial charge >= 0.3 is 5.97 Å². The first kappa shape index (κ1) is 15.5. The summed E-state index contributed by atoms with van der Waals surface area (Å²) in [6.45, 7) is 8.43. The fourth-order valence-corrected chi connectivity index (χ4v) is 1.76. The van der Waals surface area contributed by atoms with E-state index in [1.165, 1.54) is 5.56 Å². The molecule has 0 aliphatic rings. The summed E-state index contributed by atoms with van der Waals surface area (Å²) in [4.78, 5) is 11.2. The fraction of sp³-hybridized carbons (Fsp3) is 0.533. The summed E-state index contributed by atoms with van der Waals surface area (Å²) < 4.78 is 5.58. The smallest absolute Gasteiger partial charge is 0.327 e. The number of likely N-dealkylation sites (N-methyl/N-ethyl adjacent to an activating group) is 1. The van der Waals surface area contributed by atoms with Gasteiger partial charge in [0.25, 0.3) is 0 Å². The van der Waals surface area contributed by atoms with Crippen molar-refractivity contribution in [2.45, 2.75) is 39.2 Å². The zero-order valence-electron chi connectivity index (χ0n) is 12.1. The van der Waals surface area contributed by atoms with Crippen LogP contribution in [0.1, 0.15) is 39.2 Å². The van der Waals surface area contributed by atoms with Crippen molar-refractivity contribution in [3.8, 4) is 5.75 Å². The number of carboxylic acid groups (broad SMARTS) is 1. The van der Waals surface area contributed by atoms with E-state index < -0.39 is 11.5 Å². The van der Waals surface area contributed by atoms with Gasteiger partial charge in [-0.3, -0.25) is 10.1 Å². The van der Waals surface area contributed by atoms with Crippen LogP contribution in [0.25, 0.3) is 0 Å². The Kier molecular flexibility index (Phi) is 5.36. The van der Waals surface area contributed by atoms with Crippen LogP contribution >= 0.6 is 0 Å². The first-order chi connectivity index (χ1) is 8.89. The number of benzene rings is 1. The van der Waals surface area contributed by atoms with Crippen molar-refractivity contribution < 1.29 is 14.6 Å². The van der Waals surface area contributed by atoms with E-state index in [2.05, 4.69) is 19.2 Å². The van der Waals surface area contributed by atoms with Gasteiger partial charge in [0.15, 0.2) is 0 Å². The SMILES string of the molecule is CCNC(C)(COc1ccc(C(C)C)cc1)C(=O)O. The highest BCUT2D eigenvalue weighted by Gasteiger charge is 2.33. The van der Waals surface area contributed by atoms with Gasteiger partial charge in [0.1, 0.15) is 17.9 Å². The number of carbonyl (C=O) groups is 1. The minimum atomic E-state index is -1.06. The van der Waals surface area contributed by atoms with Gasteiger partial charge in [-0.15, -0.1) is 0 Å². The third-order valence-corrected chi connectivity index (χ3v) is 3.11. The largest absolute Gasteiger partial charge is 0.491 e. The van der Waals surface area contributed by atoms with Crippen molar-refractivity contribution in [1.82, 2.24) is 5.32 Å². The summed E-state index contributed by atoms with van der Waals surface area (Å²) in [5.41, 5.74) is 0.172. The summed E-state index contributed by atoms with van der Waals surface area (Å²) in [5, 5.41) is 12.1. The van der Waals surface area contributed by atoms with Crippen LogP contribution < -0.4 is 10.1 Å². The van der Waals surface area contributed by atoms with Crippen LogP contribution in [0.15, 0.2) is 24.3 Å². The molecule has 1 aromatic rings. The number of nitrogens with one attached hydrogen (secondary N) is 1. The second-order valence-corrected chi connectivity index (χ2v) is 5.18. The maximum atomic E-state index is 11.2. The second-order valence-electron chi connectivity index (χ2n) is 5.18. The topological polar surface area (TPSA) is 58.6 Å². The number of carboxylic acids is 1. The van der Waals surface area contributed by atoms with E-state index in [0.29, 0.717) is 18.2 Å². The summed E-state index contributed by atoms with van der Waals surface area (Å²) in [7, 11) is 0. The van der Waals surface area contributed by atoms with Crippen LogP contribution in [0.3, 0.4) is 0 Å². The molecule has 0 saturated heterocycles. The molecule has 0 fully saturated rings. The molecule has 0 aromatic heterocycles. The first-order valence-corrected chi connectivity index (χ1v) is 6.60. The minimum Gasteiger partial charge on any atom is -0.491 e. The van der Waals surface area contributed by atoms with Crippen LogP contribution in [-0.4, -0.2) is 29.8 Å². The minimum absolute atomic E-state index is 0.0944. The zero-order valence-corrected chi connectivity index (χ0v) is 12.1. The zero-order chi connectivity index (χ0) is 14.5. The Morgan fingerprint density at radius 1 is 1.37 bits per heavy atom. The molecule has 0 amide bonds. The summed E-state index contributed by atoms with van der Waals surface area (Å²) in [6, 6.07) is 7.77. The Balaban J connectivity index is 2.67. The van der Waals surface area contributed by atoms with E-state index in [0.717, 1.165) is 0 Å². The monoisotopic (exact) mass is 265 g/mol. The van der Waals surface area contributed by atoms with Gasteiger partial charge in [0.05, 0.1) is 0 Å². The number of hydrogen-bond donors (Lipinski definition) is 2. The highest BCUT2D eigenvalue weighted by atomic mass is 16.5. The molecule has 0 aliphatic heterocycles. The molecule has 4 nitrogen and oxygen atoms in total. The quantitative estimate of drug-likeness (QED) is 0.795. The molecule has 0 radical (unpaired) electrons. The van der Waals surface area contributed by atoms with Crippen molar-refractivity contribution >= 4 is 5.97 Å². The van der Waals surface area contributed by atoms with Crippen LogP contribution in [-0.2, 0) is 4.79 Å². The van der Waals surface area contributed by atoms with Gasteiger partial charge in [-0.1, -0.05) is 32.9 Å². The van der Waals surface area contributed by atoms with Crippen LogP contribution in [0.2, 0.25) is 0 Å². The van der Waals surface area contributed by atoms with Crippen molar-refractivity contribution in [2.75, 3.05) is 13.2 Å². The number of hydrogen-bond acceptors (Lipinski definition) is 3. The van der Waals surface area contributed by atoms with E-state index in [-0.39, 0.29) is 6.61 Å². The highest BCUT2D eigenvalue weighted by molar-refractivity contribution is 5.78. The maximum absolute atomic E-state index is 11.2. The highest BCUT2D eigenvalue weighted by Crippen LogP contribution is 2.19. The molecule has 0 spiro atoms. The average molecular weight is 265 g/mol. The van der Waals surface area contributed by atoms with E-state index in [9.17, 15) is 9.90 Å². The summed E-state index contributed by atoms with van der Waals surface area (Å²) in [5.74, 6) is 0.253. The predicted octanol–water partition coefficient (Wildman–Crippen LogP) is 2.64. The van der Waals surface area contributed by atoms with Crippen LogP contribution in [0, 0.1) is 0 Å². The third-order valence-electron chi connectivity index (χ3n) is 3.11. The Bertz CT molecular complexity index is 414. The normalized spacial score (nSPS) is 14.2. The first-order valence-electron chi connectivity index (χ1n) is 6.60. The molecule has 1 atom stereocenters. The Morgan fingerprint density at radius 2 is 1.95 bits per heavy atom. The molecule has 0 saturated carbocycles. The molecule has 106 valence electrons. The Labute approximate surface area is 114 Å². The Hall–Kier alpha value is -1.55. The van der Waals surface area contributed by atoms with Crippen LogP contribution in [0.5, 0.6) is 5.75 Å². The standard InChI is InChI=1S/C15H23NO3/c1-5-16-15(4,14(17)18)10-19-13-8-6-12(7-9-13)11(2)3/h6-9,11,16H,5,10H2,1-4H3,(H,17,18). The van der Waals surface area contributed by atoms with E-state index in [1.54, 1.807) is 6.92 Å². The molecule has 1 rings (SSSR count). The predicted molar refractivity (Wildman–Crippen MR) is 75.7 cm³/mol. The van der Waals surface area contributed by atoms with Crippen molar-refractivity contribution in [2.24, 2.45) is 0 Å². The molecule has 1 aromatic carbocycles. The number of aliphatic carboxylic acids is 1. The van der Waals surface area contributed by atoms with E-state index in [4.69, 9.17) is 4.74 Å². The van der Waals surface area contributed by atoms with E-state index >= 15 is 0 Å². The third kappa shape index (κ3) is 4.24. The molecular formula is C15H23NO3. The molecule has 0 heterocycles. The van der Waals surface area contributed by atoms with Crippen molar-refractivity contribution in [3.63, 3.8) is 0 Å². The number of rotatable bonds is 7. The average Bonchev–Trinajstić information content (AvgIpc) is 2.37. The fourth-order valence-electron chi connectivity index (χ4n) is 1.76. The number of ether oxygens (including phenoxy) is 1. The molecule has 4 heteroatoms. The lowest BCUT2D eigenvalue weighted by Gasteiger charge is -2.25. The summed E-state index contributed by atoms with van der Waals surface area (Å²) in [6.07, 6.45) is 0. The van der Waals surface area contributed by atoms with Gasteiger partial charge in [-0.25, -0.2) is 0 Å². The Morgan fingerprint density at radius 3 is 2.37 bits per heavy atom. The molecule has 1 unspecified atom stereocenters. The van der Waals surface area contributed by atoms with Gasteiger partial charge in [0, 0.05) is 0 Å². The lowest BCUT2D eigenvalue weighted by molar-refractivity contribution is -0.145. The second kappa shape index (κ2) is 6.57.